The van der Waals surface area contributed by atoms with Gasteiger partial charge in [0.2, 0.25) is 0 Å². The first kappa shape index (κ1) is 15.4. The Morgan fingerprint density at radius 2 is 1.71 bits per heavy atom. The van der Waals surface area contributed by atoms with Crippen LogP contribution in [0.4, 0.5) is 0 Å². The number of hydrogen-bond donors (Lipinski definition) is 0. The minimum atomic E-state index is -0.0476. The van der Waals surface area contributed by atoms with Crippen LogP contribution in [-0.4, -0.2) is 20.0 Å². The van der Waals surface area contributed by atoms with Gasteiger partial charge in [-0.3, -0.25) is 4.79 Å². The van der Waals surface area contributed by atoms with E-state index in [-0.39, 0.29) is 11.2 Å². The van der Waals surface area contributed by atoms with Crippen molar-refractivity contribution in [2.45, 2.75) is 27.2 Å². The summed E-state index contributed by atoms with van der Waals surface area (Å²) in [7, 11) is 3.12. The molecule has 0 aliphatic heterocycles. The first-order valence-electron chi connectivity index (χ1n) is 7.04. The van der Waals surface area contributed by atoms with Crippen LogP contribution < -0.4 is 9.47 Å². The molecule has 0 aromatic heterocycles. The minimum absolute atomic E-state index is 0.0476. The van der Waals surface area contributed by atoms with Gasteiger partial charge in [-0.1, -0.05) is 37.6 Å². The molecule has 1 aliphatic rings. The molecule has 1 aliphatic carbocycles. The monoisotopic (exact) mass is 286 g/mol. The van der Waals surface area contributed by atoms with Gasteiger partial charge in [0.1, 0.15) is 17.1 Å². The molecule has 0 amide bonds. The van der Waals surface area contributed by atoms with E-state index in [4.69, 9.17) is 9.47 Å². The van der Waals surface area contributed by atoms with Crippen molar-refractivity contribution in [1.82, 2.24) is 0 Å². The summed E-state index contributed by atoms with van der Waals surface area (Å²) in [6, 6.07) is 5.37. The number of rotatable bonds is 4. The van der Waals surface area contributed by atoms with Crippen LogP contribution in [0.1, 0.15) is 37.6 Å². The normalized spacial score (nSPS) is 16.8. The molecule has 0 spiro atoms. The fourth-order valence-electron chi connectivity index (χ4n) is 2.77. The summed E-state index contributed by atoms with van der Waals surface area (Å²) in [5.41, 5.74) is 2.41. The van der Waals surface area contributed by atoms with E-state index in [1.807, 2.05) is 19.1 Å². The molecule has 3 nitrogen and oxygen atoms in total. The molecule has 2 rings (SSSR count). The van der Waals surface area contributed by atoms with Gasteiger partial charge < -0.3 is 9.47 Å². The third kappa shape index (κ3) is 3.02. The quantitative estimate of drug-likeness (QED) is 0.779. The van der Waals surface area contributed by atoms with Crippen LogP contribution in [-0.2, 0) is 0 Å². The molecule has 0 atom stereocenters. The zero-order valence-electron chi connectivity index (χ0n) is 13.3. The predicted octanol–water partition coefficient (Wildman–Crippen LogP) is 4.19. The molecular formula is C18H22O3. The van der Waals surface area contributed by atoms with E-state index in [1.165, 1.54) is 0 Å². The van der Waals surface area contributed by atoms with Gasteiger partial charge in [-0.15, -0.1) is 0 Å². The van der Waals surface area contributed by atoms with E-state index in [0.29, 0.717) is 17.1 Å². The third-order valence-electron chi connectivity index (χ3n) is 3.78. The molecule has 3 heteroatoms. The van der Waals surface area contributed by atoms with Crippen LogP contribution in [0.15, 0.2) is 41.5 Å². The van der Waals surface area contributed by atoms with Crippen molar-refractivity contribution >= 4 is 5.78 Å². The smallest absolute Gasteiger partial charge is 0.200 e. The highest BCUT2D eigenvalue weighted by Gasteiger charge is 2.27. The Balaban J connectivity index is 2.49. The Kier molecular flexibility index (Phi) is 4.21. The summed E-state index contributed by atoms with van der Waals surface area (Å²) in [5.74, 6) is 1.03. The lowest BCUT2D eigenvalue weighted by Crippen LogP contribution is -2.17. The van der Waals surface area contributed by atoms with E-state index in [9.17, 15) is 4.79 Å². The second kappa shape index (κ2) is 5.76. The van der Waals surface area contributed by atoms with Crippen molar-refractivity contribution < 1.29 is 14.3 Å². The van der Waals surface area contributed by atoms with Gasteiger partial charge in [0, 0.05) is 5.57 Å². The van der Waals surface area contributed by atoms with Crippen LogP contribution in [0.5, 0.6) is 11.5 Å². The van der Waals surface area contributed by atoms with Gasteiger partial charge >= 0.3 is 0 Å². The van der Waals surface area contributed by atoms with Crippen LogP contribution in [0.3, 0.4) is 0 Å². The molecule has 0 heterocycles. The van der Waals surface area contributed by atoms with Crippen LogP contribution in [0.25, 0.3) is 0 Å². The van der Waals surface area contributed by atoms with Gasteiger partial charge in [0.05, 0.1) is 14.2 Å². The van der Waals surface area contributed by atoms with Gasteiger partial charge in [0.25, 0.3) is 0 Å². The van der Waals surface area contributed by atoms with E-state index >= 15 is 0 Å². The Morgan fingerprint density at radius 3 is 2.19 bits per heavy atom. The molecule has 0 fully saturated rings. The SMILES string of the molecule is COc1cccc(OC)c1C(=O)C1=C(C)CC(C)(C)C=C1. The van der Waals surface area contributed by atoms with Crippen molar-refractivity contribution in [2.75, 3.05) is 14.2 Å². The molecule has 0 bridgehead atoms. The standard InChI is InChI=1S/C18H22O3/c1-12-11-18(2,3)10-9-13(12)17(19)16-14(20-4)7-6-8-15(16)21-5/h6-10H,11H2,1-5H3. The number of allylic oxidation sites excluding steroid dienone is 4. The molecule has 21 heavy (non-hydrogen) atoms. The van der Waals surface area contributed by atoms with Crippen molar-refractivity contribution in [3.05, 3.63) is 47.1 Å². The highest BCUT2D eigenvalue weighted by Crippen LogP contribution is 2.37. The largest absolute Gasteiger partial charge is 0.496 e. The Labute approximate surface area is 126 Å². The molecular weight excluding hydrogens is 264 g/mol. The number of ketones is 1. The second-order valence-electron chi connectivity index (χ2n) is 6.06. The number of methoxy groups -OCH3 is 2. The number of Topliss-reactive ketones (excluding diaryl/α,β-unsaturated/α-hetero) is 1. The number of carbonyl (C=O) groups is 1. The van der Waals surface area contributed by atoms with E-state index in [2.05, 4.69) is 19.9 Å². The fourth-order valence-corrected chi connectivity index (χ4v) is 2.77. The van der Waals surface area contributed by atoms with Crippen molar-refractivity contribution in [3.8, 4) is 11.5 Å². The molecule has 0 saturated heterocycles. The van der Waals surface area contributed by atoms with Crippen molar-refractivity contribution in [3.63, 3.8) is 0 Å². The Morgan fingerprint density at radius 1 is 1.14 bits per heavy atom. The first-order valence-corrected chi connectivity index (χ1v) is 7.04. The lowest BCUT2D eigenvalue weighted by molar-refractivity contribution is 0.103. The molecule has 0 unspecified atom stereocenters. The van der Waals surface area contributed by atoms with E-state index < -0.39 is 0 Å². The first-order chi connectivity index (χ1) is 9.89. The zero-order valence-corrected chi connectivity index (χ0v) is 13.3. The second-order valence-corrected chi connectivity index (χ2v) is 6.06. The summed E-state index contributed by atoms with van der Waals surface area (Å²) in [4.78, 5) is 12.9. The highest BCUT2D eigenvalue weighted by molar-refractivity contribution is 6.14. The highest BCUT2D eigenvalue weighted by atomic mass is 16.5. The van der Waals surface area contributed by atoms with Crippen LogP contribution in [0.2, 0.25) is 0 Å². The maximum Gasteiger partial charge on any atom is 0.200 e. The van der Waals surface area contributed by atoms with Crippen LogP contribution >= 0.6 is 0 Å². The average molecular weight is 286 g/mol. The predicted molar refractivity (Wildman–Crippen MR) is 84.1 cm³/mol. The lowest BCUT2D eigenvalue weighted by atomic mass is 9.78. The minimum Gasteiger partial charge on any atom is -0.496 e. The number of carbonyl (C=O) groups excluding carboxylic acids is 1. The molecule has 1 aromatic carbocycles. The Hall–Kier alpha value is -2.03. The molecule has 112 valence electrons. The number of ether oxygens (including phenoxy) is 2. The van der Waals surface area contributed by atoms with Crippen molar-refractivity contribution in [1.29, 1.82) is 0 Å². The van der Waals surface area contributed by atoms with E-state index in [1.54, 1.807) is 26.4 Å². The lowest BCUT2D eigenvalue weighted by Gasteiger charge is -2.26. The molecule has 0 saturated carbocycles. The summed E-state index contributed by atoms with van der Waals surface area (Å²) < 4.78 is 10.7. The topological polar surface area (TPSA) is 35.5 Å². The van der Waals surface area contributed by atoms with E-state index in [0.717, 1.165) is 17.6 Å². The maximum atomic E-state index is 12.9. The summed E-state index contributed by atoms with van der Waals surface area (Å²) in [6.45, 7) is 6.34. The number of hydrogen-bond acceptors (Lipinski definition) is 3. The zero-order chi connectivity index (χ0) is 15.6. The van der Waals surface area contributed by atoms with Gasteiger partial charge in [-0.25, -0.2) is 0 Å². The summed E-state index contributed by atoms with van der Waals surface area (Å²) >= 11 is 0. The molecule has 1 aromatic rings. The van der Waals surface area contributed by atoms with Crippen LogP contribution in [0, 0.1) is 5.41 Å². The van der Waals surface area contributed by atoms with Crippen molar-refractivity contribution in [2.24, 2.45) is 5.41 Å². The molecule has 0 N–H and O–H groups in total. The Bertz CT molecular complexity index is 599. The van der Waals surface area contributed by atoms with Gasteiger partial charge in [-0.05, 0) is 30.9 Å². The molecule has 0 radical (unpaired) electrons. The summed E-state index contributed by atoms with van der Waals surface area (Å²) in [5, 5.41) is 0. The summed E-state index contributed by atoms with van der Waals surface area (Å²) in [6.07, 6.45) is 4.89. The van der Waals surface area contributed by atoms with Gasteiger partial charge in [0.15, 0.2) is 5.78 Å². The average Bonchev–Trinajstić information content (AvgIpc) is 2.44. The maximum absolute atomic E-state index is 12.9. The van der Waals surface area contributed by atoms with Gasteiger partial charge in [-0.2, -0.15) is 0 Å². The number of benzene rings is 1. The third-order valence-corrected chi connectivity index (χ3v) is 3.78. The fraction of sp³-hybridized carbons (Fsp3) is 0.389.